The lowest BCUT2D eigenvalue weighted by Gasteiger charge is -2.37. The molecule has 1 atom stereocenters. The van der Waals surface area contributed by atoms with Gasteiger partial charge in [0.05, 0.1) is 0 Å². The maximum absolute atomic E-state index is 5.29. The molecule has 1 aliphatic heterocycles. The van der Waals surface area contributed by atoms with Crippen molar-refractivity contribution in [3.8, 4) is 0 Å². The Labute approximate surface area is 114 Å². The van der Waals surface area contributed by atoms with Crippen molar-refractivity contribution in [2.24, 2.45) is 0 Å². The normalized spacial score (nSPS) is 22.3. The highest BCUT2D eigenvalue weighted by atomic mass is 32.1. The SMILES string of the molecule is Cc1[nH]c(CC2CN(C)CCN2C)nc(=S)c1C. The largest absolute Gasteiger partial charge is 0.347 e. The maximum Gasteiger partial charge on any atom is 0.132 e. The molecular formula is C13H22N4S. The molecule has 0 aromatic carbocycles. The Kier molecular flexibility index (Phi) is 4.14. The number of aromatic nitrogens is 2. The van der Waals surface area contributed by atoms with Crippen LogP contribution in [0.2, 0.25) is 0 Å². The number of aryl methyl sites for hydroxylation is 1. The molecule has 0 aliphatic carbocycles. The van der Waals surface area contributed by atoms with Gasteiger partial charge in [0.1, 0.15) is 10.5 Å². The fourth-order valence-corrected chi connectivity index (χ4v) is 2.61. The summed E-state index contributed by atoms with van der Waals surface area (Å²) in [5, 5.41) is 0. The summed E-state index contributed by atoms with van der Waals surface area (Å²) in [5.41, 5.74) is 2.22. The minimum atomic E-state index is 0.518. The number of nitrogens with zero attached hydrogens (tertiary/aromatic N) is 3. The molecule has 1 unspecified atom stereocenters. The van der Waals surface area contributed by atoms with Gasteiger partial charge in [0.2, 0.25) is 0 Å². The second kappa shape index (κ2) is 5.47. The number of likely N-dealkylation sites (N-methyl/N-ethyl adjacent to an activating group) is 2. The molecule has 2 heterocycles. The summed E-state index contributed by atoms with van der Waals surface area (Å²) in [6, 6.07) is 0.518. The molecule has 1 saturated heterocycles. The third-order valence-corrected chi connectivity index (χ3v) is 4.26. The third-order valence-electron chi connectivity index (χ3n) is 3.86. The summed E-state index contributed by atoms with van der Waals surface area (Å²) in [5.74, 6) is 1.01. The van der Waals surface area contributed by atoms with Gasteiger partial charge in [-0.15, -0.1) is 0 Å². The lowest BCUT2D eigenvalue weighted by atomic mass is 10.1. The van der Waals surface area contributed by atoms with E-state index in [4.69, 9.17) is 12.2 Å². The highest BCUT2D eigenvalue weighted by Gasteiger charge is 2.23. The monoisotopic (exact) mass is 266 g/mol. The van der Waals surface area contributed by atoms with E-state index in [9.17, 15) is 0 Å². The Balaban J connectivity index is 2.16. The number of hydrogen-bond acceptors (Lipinski definition) is 4. The van der Waals surface area contributed by atoms with Gasteiger partial charge < -0.3 is 14.8 Å². The van der Waals surface area contributed by atoms with E-state index in [1.54, 1.807) is 0 Å². The molecule has 1 aliphatic rings. The number of H-pyrrole nitrogens is 1. The molecule has 2 rings (SSSR count). The highest BCUT2D eigenvalue weighted by Crippen LogP contribution is 2.12. The van der Waals surface area contributed by atoms with Crippen LogP contribution in [-0.4, -0.2) is 59.5 Å². The van der Waals surface area contributed by atoms with Crippen LogP contribution in [-0.2, 0) is 6.42 Å². The Morgan fingerprint density at radius 3 is 2.72 bits per heavy atom. The van der Waals surface area contributed by atoms with Gasteiger partial charge in [0.25, 0.3) is 0 Å². The maximum atomic E-state index is 5.29. The van der Waals surface area contributed by atoms with Crippen LogP contribution in [0.4, 0.5) is 0 Å². The van der Waals surface area contributed by atoms with Crippen molar-refractivity contribution in [2.45, 2.75) is 26.3 Å². The van der Waals surface area contributed by atoms with Gasteiger partial charge in [0, 0.05) is 43.4 Å². The quantitative estimate of drug-likeness (QED) is 0.824. The first kappa shape index (κ1) is 13.6. The van der Waals surface area contributed by atoms with E-state index in [0.29, 0.717) is 6.04 Å². The van der Waals surface area contributed by atoms with E-state index < -0.39 is 0 Å². The van der Waals surface area contributed by atoms with Gasteiger partial charge in [-0.3, -0.25) is 0 Å². The van der Waals surface area contributed by atoms with Gasteiger partial charge in [-0.25, -0.2) is 4.98 Å². The summed E-state index contributed by atoms with van der Waals surface area (Å²) in [4.78, 5) is 12.7. The van der Waals surface area contributed by atoms with Crippen LogP contribution < -0.4 is 0 Å². The molecule has 1 aromatic heterocycles. The molecule has 0 spiro atoms. The molecule has 5 heteroatoms. The Bertz CT molecular complexity index is 482. The minimum Gasteiger partial charge on any atom is -0.347 e. The number of hydrogen-bond donors (Lipinski definition) is 1. The Hall–Kier alpha value is -0.780. The highest BCUT2D eigenvalue weighted by molar-refractivity contribution is 7.71. The zero-order valence-electron chi connectivity index (χ0n) is 11.7. The van der Waals surface area contributed by atoms with E-state index in [2.05, 4.69) is 40.8 Å². The van der Waals surface area contributed by atoms with Crippen molar-refractivity contribution in [2.75, 3.05) is 33.7 Å². The van der Waals surface area contributed by atoms with Crippen LogP contribution >= 0.6 is 12.2 Å². The Morgan fingerprint density at radius 2 is 2.06 bits per heavy atom. The first-order valence-electron chi connectivity index (χ1n) is 6.42. The summed E-state index contributed by atoms with van der Waals surface area (Å²) in [7, 11) is 4.36. The zero-order chi connectivity index (χ0) is 13.3. The lowest BCUT2D eigenvalue weighted by molar-refractivity contribution is 0.113. The summed E-state index contributed by atoms with van der Waals surface area (Å²) < 4.78 is 0.730. The second-order valence-corrected chi connectivity index (χ2v) is 5.73. The summed E-state index contributed by atoms with van der Waals surface area (Å²) in [6.07, 6.45) is 0.936. The van der Waals surface area contributed by atoms with Crippen molar-refractivity contribution < 1.29 is 0 Å². The predicted molar refractivity (Wildman–Crippen MR) is 76.5 cm³/mol. The van der Waals surface area contributed by atoms with Gasteiger partial charge in [-0.1, -0.05) is 12.2 Å². The van der Waals surface area contributed by atoms with Gasteiger partial charge in [-0.05, 0) is 27.9 Å². The first-order valence-corrected chi connectivity index (χ1v) is 6.83. The summed E-state index contributed by atoms with van der Waals surface area (Å²) >= 11 is 5.29. The molecule has 0 radical (unpaired) electrons. The average Bonchev–Trinajstić information content (AvgIpc) is 2.31. The fourth-order valence-electron chi connectivity index (χ4n) is 2.35. The molecule has 1 N–H and O–H groups in total. The number of nitrogens with one attached hydrogen (secondary N) is 1. The molecule has 0 bridgehead atoms. The second-order valence-electron chi connectivity index (χ2n) is 5.34. The number of rotatable bonds is 2. The first-order chi connectivity index (χ1) is 8.47. The molecule has 0 saturated carbocycles. The van der Waals surface area contributed by atoms with Gasteiger partial charge in [-0.2, -0.15) is 0 Å². The van der Waals surface area contributed by atoms with Crippen molar-refractivity contribution in [1.82, 2.24) is 19.8 Å². The number of aromatic amines is 1. The zero-order valence-corrected chi connectivity index (χ0v) is 12.5. The van der Waals surface area contributed by atoms with E-state index in [1.807, 2.05) is 6.92 Å². The minimum absolute atomic E-state index is 0.518. The molecular weight excluding hydrogens is 244 g/mol. The van der Waals surface area contributed by atoms with E-state index >= 15 is 0 Å². The predicted octanol–water partition coefficient (Wildman–Crippen LogP) is 1.54. The van der Waals surface area contributed by atoms with Crippen LogP contribution in [0.1, 0.15) is 17.1 Å². The topological polar surface area (TPSA) is 35.2 Å². The van der Waals surface area contributed by atoms with Crippen molar-refractivity contribution in [1.29, 1.82) is 0 Å². The molecule has 4 nitrogen and oxygen atoms in total. The number of piperazine rings is 1. The average molecular weight is 266 g/mol. The third kappa shape index (κ3) is 2.96. The molecule has 0 amide bonds. The molecule has 1 fully saturated rings. The fraction of sp³-hybridized carbons (Fsp3) is 0.692. The van der Waals surface area contributed by atoms with E-state index in [1.165, 1.54) is 0 Å². The lowest BCUT2D eigenvalue weighted by Crippen LogP contribution is -2.51. The van der Waals surface area contributed by atoms with E-state index in [0.717, 1.165) is 47.8 Å². The van der Waals surface area contributed by atoms with Gasteiger partial charge >= 0.3 is 0 Å². The smallest absolute Gasteiger partial charge is 0.132 e. The standard InChI is InChI=1S/C13H22N4S/c1-9-10(2)14-12(15-13(9)18)7-11-8-16(3)5-6-17(11)4/h11H,5-8H2,1-4H3,(H,14,15,18). The van der Waals surface area contributed by atoms with Crippen LogP contribution in [0, 0.1) is 18.5 Å². The van der Waals surface area contributed by atoms with Crippen molar-refractivity contribution >= 4 is 12.2 Å². The van der Waals surface area contributed by atoms with Crippen LogP contribution in [0.25, 0.3) is 0 Å². The van der Waals surface area contributed by atoms with Crippen molar-refractivity contribution in [3.63, 3.8) is 0 Å². The Morgan fingerprint density at radius 1 is 1.33 bits per heavy atom. The molecule has 18 heavy (non-hydrogen) atoms. The van der Waals surface area contributed by atoms with Gasteiger partial charge in [0.15, 0.2) is 0 Å². The van der Waals surface area contributed by atoms with Crippen LogP contribution in [0.3, 0.4) is 0 Å². The van der Waals surface area contributed by atoms with E-state index in [-0.39, 0.29) is 0 Å². The summed E-state index contributed by atoms with van der Waals surface area (Å²) in [6.45, 7) is 7.43. The van der Waals surface area contributed by atoms with Crippen LogP contribution in [0.5, 0.6) is 0 Å². The molecule has 1 aromatic rings. The molecule has 100 valence electrons. The van der Waals surface area contributed by atoms with Crippen molar-refractivity contribution in [3.05, 3.63) is 21.7 Å². The van der Waals surface area contributed by atoms with Crippen LogP contribution in [0.15, 0.2) is 0 Å².